The van der Waals surface area contributed by atoms with Crippen molar-refractivity contribution >= 4 is 0 Å². The topological polar surface area (TPSA) is 76.2 Å². The van der Waals surface area contributed by atoms with Crippen molar-refractivity contribution in [2.24, 2.45) is 0 Å². The van der Waals surface area contributed by atoms with Crippen LogP contribution in [0.5, 0.6) is 11.6 Å². The molecular formula is C12H19N3O3. The molecule has 1 aromatic rings. The minimum absolute atomic E-state index is 0.133. The number of rotatable bonds is 5. The van der Waals surface area contributed by atoms with E-state index in [0.29, 0.717) is 12.6 Å². The maximum absolute atomic E-state index is 11.4. The van der Waals surface area contributed by atoms with Crippen LogP contribution in [0.3, 0.4) is 0 Å². The van der Waals surface area contributed by atoms with Gasteiger partial charge in [0.15, 0.2) is 0 Å². The lowest BCUT2D eigenvalue weighted by atomic mass is 10.0. The largest absolute Gasteiger partial charge is 0.487 e. The first-order valence-electron chi connectivity index (χ1n) is 6.29. The minimum Gasteiger partial charge on any atom is -0.487 e. The Labute approximate surface area is 106 Å². The van der Waals surface area contributed by atoms with Crippen LogP contribution >= 0.6 is 0 Å². The average molecular weight is 253 g/mol. The van der Waals surface area contributed by atoms with Gasteiger partial charge in [-0.25, -0.2) is 4.98 Å². The van der Waals surface area contributed by atoms with E-state index in [-0.39, 0.29) is 17.2 Å². The highest BCUT2D eigenvalue weighted by Gasteiger charge is 2.14. The Morgan fingerprint density at radius 1 is 1.50 bits per heavy atom. The van der Waals surface area contributed by atoms with Crippen molar-refractivity contribution in [3.63, 3.8) is 0 Å². The Kier molecular flexibility index (Phi) is 4.58. The van der Waals surface area contributed by atoms with E-state index in [1.807, 2.05) is 0 Å². The first-order chi connectivity index (χ1) is 8.81. The molecular weight excluding hydrogens is 234 g/mol. The van der Waals surface area contributed by atoms with Gasteiger partial charge in [0.2, 0.25) is 5.75 Å². The van der Waals surface area contributed by atoms with Crippen molar-refractivity contribution in [2.45, 2.75) is 31.7 Å². The van der Waals surface area contributed by atoms with Gasteiger partial charge < -0.3 is 19.8 Å². The summed E-state index contributed by atoms with van der Waals surface area (Å²) in [6.45, 7) is 1.61. The molecule has 0 radical (unpaired) electrons. The fourth-order valence-electron chi connectivity index (χ4n) is 2.12. The van der Waals surface area contributed by atoms with Gasteiger partial charge >= 0.3 is 0 Å². The van der Waals surface area contributed by atoms with E-state index in [4.69, 9.17) is 9.47 Å². The van der Waals surface area contributed by atoms with Crippen molar-refractivity contribution in [1.29, 1.82) is 0 Å². The van der Waals surface area contributed by atoms with Crippen molar-refractivity contribution in [3.8, 4) is 11.6 Å². The van der Waals surface area contributed by atoms with Gasteiger partial charge in [0.1, 0.15) is 0 Å². The molecule has 0 aliphatic carbocycles. The smallest absolute Gasteiger partial charge is 0.297 e. The molecule has 1 aliphatic rings. The lowest BCUT2D eigenvalue weighted by molar-refractivity contribution is 0.247. The Hall–Kier alpha value is -1.56. The molecule has 2 heterocycles. The first kappa shape index (κ1) is 12.9. The molecule has 18 heavy (non-hydrogen) atoms. The molecule has 1 aromatic heterocycles. The van der Waals surface area contributed by atoms with Gasteiger partial charge in [-0.05, 0) is 25.8 Å². The average Bonchev–Trinajstić information content (AvgIpc) is 2.40. The summed E-state index contributed by atoms with van der Waals surface area (Å²) < 4.78 is 10.5. The zero-order chi connectivity index (χ0) is 12.8. The zero-order valence-corrected chi connectivity index (χ0v) is 10.6. The molecule has 0 saturated carbocycles. The van der Waals surface area contributed by atoms with Gasteiger partial charge in [-0.1, -0.05) is 6.42 Å². The minimum atomic E-state index is -0.321. The number of hydrogen-bond donors (Lipinski definition) is 2. The highest BCUT2D eigenvalue weighted by atomic mass is 16.5. The van der Waals surface area contributed by atoms with Crippen LogP contribution < -0.4 is 20.3 Å². The number of nitrogens with zero attached hydrogens (tertiary/aromatic N) is 1. The van der Waals surface area contributed by atoms with E-state index in [1.165, 1.54) is 32.7 Å². The number of hydrogen-bond acceptors (Lipinski definition) is 5. The van der Waals surface area contributed by atoms with E-state index in [1.54, 1.807) is 0 Å². The van der Waals surface area contributed by atoms with E-state index in [2.05, 4.69) is 15.3 Å². The molecule has 6 heteroatoms. The summed E-state index contributed by atoms with van der Waals surface area (Å²) in [4.78, 5) is 17.8. The number of aromatic amines is 1. The molecule has 6 nitrogen and oxygen atoms in total. The predicted octanol–water partition coefficient (Wildman–Crippen LogP) is 0.689. The third-order valence-electron chi connectivity index (χ3n) is 3.10. The Morgan fingerprint density at radius 2 is 2.39 bits per heavy atom. The highest BCUT2D eigenvalue weighted by molar-refractivity contribution is 5.29. The van der Waals surface area contributed by atoms with Crippen LogP contribution in [0.2, 0.25) is 0 Å². The number of aromatic nitrogens is 2. The third-order valence-corrected chi connectivity index (χ3v) is 3.10. The van der Waals surface area contributed by atoms with Crippen LogP contribution in [-0.4, -0.2) is 36.3 Å². The van der Waals surface area contributed by atoms with Crippen LogP contribution in [0.25, 0.3) is 0 Å². The summed E-state index contributed by atoms with van der Waals surface area (Å²) in [5, 5.41) is 3.45. The Bertz CT molecular complexity index is 427. The van der Waals surface area contributed by atoms with Gasteiger partial charge in [-0.15, -0.1) is 0 Å². The molecule has 1 atom stereocenters. The SMILES string of the molecule is COc1c(OCCC2CCCCN2)nc[nH]c1=O. The molecule has 1 saturated heterocycles. The summed E-state index contributed by atoms with van der Waals surface area (Å²) in [6.07, 6.45) is 5.94. The highest BCUT2D eigenvalue weighted by Crippen LogP contribution is 2.18. The van der Waals surface area contributed by atoms with Gasteiger partial charge in [0, 0.05) is 6.04 Å². The lowest BCUT2D eigenvalue weighted by Gasteiger charge is -2.23. The molecule has 2 rings (SSSR count). The summed E-state index contributed by atoms with van der Waals surface area (Å²) in [6, 6.07) is 0.506. The van der Waals surface area contributed by atoms with Crippen LogP contribution in [0.4, 0.5) is 0 Å². The van der Waals surface area contributed by atoms with E-state index >= 15 is 0 Å². The standard InChI is InChI=1S/C12H19N3O3/c1-17-10-11(16)14-8-15-12(10)18-7-5-9-4-2-3-6-13-9/h8-9,13H,2-7H2,1H3,(H,14,15,16). The van der Waals surface area contributed by atoms with Gasteiger partial charge in [0.25, 0.3) is 11.4 Å². The van der Waals surface area contributed by atoms with Crippen molar-refractivity contribution in [2.75, 3.05) is 20.3 Å². The molecule has 2 N–H and O–H groups in total. The summed E-state index contributed by atoms with van der Waals surface area (Å²) in [7, 11) is 1.43. The maximum Gasteiger partial charge on any atom is 0.297 e. The fraction of sp³-hybridized carbons (Fsp3) is 0.667. The van der Waals surface area contributed by atoms with Crippen molar-refractivity contribution in [1.82, 2.24) is 15.3 Å². The number of nitrogens with one attached hydrogen (secondary N) is 2. The number of piperidine rings is 1. The van der Waals surface area contributed by atoms with Crippen LogP contribution in [0.1, 0.15) is 25.7 Å². The van der Waals surface area contributed by atoms with Gasteiger partial charge in [0.05, 0.1) is 20.0 Å². The second-order valence-corrected chi connectivity index (χ2v) is 4.35. The van der Waals surface area contributed by atoms with E-state index in [9.17, 15) is 4.79 Å². The normalized spacial score (nSPS) is 19.5. The van der Waals surface area contributed by atoms with Crippen LogP contribution in [0.15, 0.2) is 11.1 Å². The molecule has 1 unspecified atom stereocenters. The molecule has 0 amide bonds. The molecule has 0 aromatic carbocycles. The molecule has 1 aliphatic heterocycles. The van der Waals surface area contributed by atoms with Crippen molar-refractivity contribution in [3.05, 3.63) is 16.7 Å². The first-order valence-corrected chi connectivity index (χ1v) is 6.29. The molecule has 100 valence electrons. The van der Waals surface area contributed by atoms with Crippen LogP contribution in [0, 0.1) is 0 Å². The predicted molar refractivity (Wildman–Crippen MR) is 67.2 cm³/mol. The maximum atomic E-state index is 11.4. The quantitative estimate of drug-likeness (QED) is 0.807. The third kappa shape index (κ3) is 3.22. The Morgan fingerprint density at radius 3 is 3.11 bits per heavy atom. The second-order valence-electron chi connectivity index (χ2n) is 4.35. The van der Waals surface area contributed by atoms with E-state index in [0.717, 1.165) is 13.0 Å². The number of ether oxygens (including phenoxy) is 2. The van der Waals surface area contributed by atoms with Gasteiger partial charge in [-0.3, -0.25) is 4.79 Å². The Balaban J connectivity index is 1.86. The summed E-state index contributed by atoms with van der Waals surface area (Å²) in [5.41, 5.74) is -0.321. The number of H-pyrrole nitrogens is 1. The molecule has 1 fully saturated rings. The van der Waals surface area contributed by atoms with E-state index < -0.39 is 0 Å². The van der Waals surface area contributed by atoms with Gasteiger partial charge in [-0.2, -0.15) is 0 Å². The van der Waals surface area contributed by atoms with Crippen molar-refractivity contribution < 1.29 is 9.47 Å². The number of methoxy groups -OCH3 is 1. The second kappa shape index (κ2) is 6.39. The van der Waals surface area contributed by atoms with Crippen LogP contribution in [-0.2, 0) is 0 Å². The fourth-order valence-corrected chi connectivity index (χ4v) is 2.12. The zero-order valence-electron chi connectivity index (χ0n) is 10.6. The molecule has 0 spiro atoms. The summed E-state index contributed by atoms with van der Waals surface area (Å²) >= 11 is 0. The lowest BCUT2D eigenvalue weighted by Crippen LogP contribution is -2.35. The monoisotopic (exact) mass is 253 g/mol. The summed E-state index contributed by atoms with van der Waals surface area (Å²) in [5.74, 6) is 0.395. The molecule has 0 bridgehead atoms.